The average Bonchev–Trinajstić information content (AvgIpc) is 2.49. The molecule has 1 aromatic carbocycles. The molecule has 0 fully saturated rings. The summed E-state index contributed by atoms with van der Waals surface area (Å²) in [6.45, 7) is 4.05. The molecule has 0 bridgehead atoms. The minimum Gasteiger partial charge on any atom is -0.506 e. The Kier molecular flexibility index (Phi) is 2.15. The van der Waals surface area contributed by atoms with Crippen molar-refractivity contribution in [1.82, 2.24) is 9.89 Å². The maximum atomic E-state index is 9.43. The normalized spacial score (nSPS) is 11.1. The number of hydrogen-bond donors (Lipinski definition) is 3. The Morgan fingerprint density at radius 1 is 1.47 bits per heavy atom. The van der Waals surface area contributed by atoms with E-state index in [9.17, 15) is 5.11 Å². The van der Waals surface area contributed by atoms with Gasteiger partial charge in [0.15, 0.2) is 0 Å². The summed E-state index contributed by atoms with van der Waals surface area (Å²) in [5, 5.41) is 14.4. The van der Waals surface area contributed by atoms with Crippen LogP contribution in [0.25, 0.3) is 10.9 Å². The second-order valence-electron chi connectivity index (χ2n) is 3.81. The molecule has 5 heteroatoms. The Morgan fingerprint density at radius 2 is 2.20 bits per heavy atom. The topological polar surface area (TPSA) is 76.1 Å². The van der Waals surface area contributed by atoms with E-state index >= 15 is 0 Å². The molecule has 1 heterocycles. The third-order valence-electron chi connectivity index (χ3n) is 2.10. The lowest BCUT2D eigenvalue weighted by Crippen LogP contribution is -2.23. The number of aromatic hydroxyl groups is 1. The van der Waals surface area contributed by atoms with Crippen molar-refractivity contribution >= 4 is 16.6 Å². The number of nitrogens with one attached hydrogen (secondary N) is 1. The molecule has 0 aliphatic heterocycles. The van der Waals surface area contributed by atoms with Crippen LogP contribution in [0.4, 0.5) is 5.69 Å². The lowest BCUT2D eigenvalue weighted by atomic mass is 10.2. The predicted molar refractivity (Wildman–Crippen MR) is 60.3 cm³/mol. The number of fused-ring (bicyclic) bond motifs is 1. The van der Waals surface area contributed by atoms with Crippen LogP contribution >= 0.6 is 0 Å². The van der Waals surface area contributed by atoms with E-state index < -0.39 is 0 Å². The Morgan fingerprint density at radius 3 is 2.87 bits per heavy atom. The van der Waals surface area contributed by atoms with Gasteiger partial charge < -0.3 is 16.3 Å². The van der Waals surface area contributed by atoms with Gasteiger partial charge in [0.25, 0.3) is 0 Å². The molecule has 0 saturated carbocycles. The summed E-state index contributed by atoms with van der Waals surface area (Å²) in [7, 11) is 0. The van der Waals surface area contributed by atoms with Crippen molar-refractivity contribution < 1.29 is 5.11 Å². The van der Waals surface area contributed by atoms with Crippen molar-refractivity contribution in [2.45, 2.75) is 19.9 Å². The van der Waals surface area contributed by atoms with Gasteiger partial charge in [-0.3, -0.25) is 0 Å². The Hall–Kier alpha value is -1.91. The zero-order valence-electron chi connectivity index (χ0n) is 8.73. The van der Waals surface area contributed by atoms with E-state index in [0.717, 1.165) is 10.9 Å². The monoisotopic (exact) mass is 206 g/mol. The highest BCUT2D eigenvalue weighted by Crippen LogP contribution is 2.26. The summed E-state index contributed by atoms with van der Waals surface area (Å²) >= 11 is 0. The number of hydrogen-bond acceptors (Lipinski definition) is 4. The van der Waals surface area contributed by atoms with Gasteiger partial charge in [-0.15, -0.1) is 0 Å². The van der Waals surface area contributed by atoms with Crippen LogP contribution < -0.4 is 11.2 Å². The van der Waals surface area contributed by atoms with Crippen LogP contribution in [0.2, 0.25) is 0 Å². The van der Waals surface area contributed by atoms with Gasteiger partial charge in [0.05, 0.1) is 17.4 Å². The van der Waals surface area contributed by atoms with E-state index in [1.807, 2.05) is 13.8 Å². The molecule has 2 aromatic rings. The van der Waals surface area contributed by atoms with E-state index in [0.29, 0.717) is 5.69 Å². The molecule has 0 radical (unpaired) electrons. The number of benzene rings is 1. The van der Waals surface area contributed by atoms with E-state index in [2.05, 4.69) is 10.5 Å². The zero-order valence-corrected chi connectivity index (χ0v) is 8.73. The fourth-order valence-corrected chi connectivity index (χ4v) is 1.43. The molecule has 5 nitrogen and oxygen atoms in total. The minimum absolute atomic E-state index is 0.0894. The first-order chi connectivity index (χ1) is 7.08. The van der Waals surface area contributed by atoms with Crippen LogP contribution in [0.15, 0.2) is 18.3 Å². The van der Waals surface area contributed by atoms with E-state index in [4.69, 9.17) is 5.73 Å². The van der Waals surface area contributed by atoms with Crippen molar-refractivity contribution in [2.24, 2.45) is 0 Å². The quantitative estimate of drug-likeness (QED) is 0.511. The first-order valence-corrected chi connectivity index (χ1v) is 4.80. The maximum Gasteiger partial charge on any atom is 0.139 e. The largest absolute Gasteiger partial charge is 0.506 e. The SMILES string of the molecule is CC(C)Nn1ncc2cc(O)c(N)cc21. The number of nitrogens with zero attached hydrogens (tertiary/aromatic N) is 2. The van der Waals surface area contributed by atoms with E-state index in [-0.39, 0.29) is 11.8 Å². The third kappa shape index (κ3) is 1.68. The fourth-order valence-electron chi connectivity index (χ4n) is 1.43. The first-order valence-electron chi connectivity index (χ1n) is 4.80. The molecular formula is C10H14N4O. The maximum absolute atomic E-state index is 9.43. The number of anilines is 1. The Balaban J connectivity index is 2.54. The van der Waals surface area contributed by atoms with Gasteiger partial charge >= 0.3 is 0 Å². The van der Waals surface area contributed by atoms with Gasteiger partial charge in [0.2, 0.25) is 0 Å². The lowest BCUT2D eigenvalue weighted by molar-refractivity contribution is 0.479. The molecule has 0 spiro atoms. The molecule has 15 heavy (non-hydrogen) atoms. The van der Waals surface area contributed by atoms with Gasteiger partial charge in [0, 0.05) is 11.4 Å². The highest BCUT2D eigenvalue weighted by Gasteiger charge is 2.06. The number of aromatic nitrogens is 2. The van der Waals surface area contributed by atoms with Gasteiger partial charge in [-0.1, -0.05) is 0 Å². The molecule has 0 unspecified atom stereocenters. The number of nitrogen functional groups attached to an aromatic ring is 1. The minimum atomic E-state index is 0.0894. The molecule has 80 valence electrons. The van der Waals surface area contributed by atoms with Crippen LogP contribution in [0.1, 0.15) is 13.8 Å². The molecule has 0 aliphatic carbocycles. The van der Waals surface area contributed by atoms with Crippen molar-refractivity contribution in [3.8, 4) is 5.75 Å². The van der Waals surface area contributed by atoms with Crippen LogP contribution in [0.3, 0.4) is 0 Å². The smallest absolute Gasteiger partial charge is 0.139 e. The number of nitrogens with two attached hydrogens (primary N) is 1. The predicted octanol–water partition coefficient (Wildman–Crippen LogP) is 1.28. The molecule has 0 saturated heterocycles. The molecule has 4 N–H and O–H groups in total. The van der Waals surface area contributed by atoms with Gasteiger partial charge in [-0.05, 0) is 26.0 Å². The summed E-state index contributed by atoms with van der Waals surface area (Å²) in [5.41, 5.74) is 9.99. The van der Waals surface area contributed by atoms with Crippen molar-refractivity contribution in [3.05, 3.63) is 18.3 Å². The standard InChI is InChI=1S/C10H14N4O/c1-6(2)13-14-9-4-8(11)10(15)3-7(9)5-12-14/h3-6,13,15H,11H2,1-2H3. The van der Waals surface area contributed by atoms with E-state index in [1.54, 1.807) is 23.1 Å². The van der Waals surface area contributed by atoms with E-state index in [1.165, 1.54) is 0 Å². The van der Waals surface area contributed by atoms with Crippen molar-refractivity contribution in [1.29, 1.82) is 0 Å². The first kappa shape index (κ1) is 9.64. The second-order valence-corrected chi connectivity index (χ2v) is 3.81. The summed E-state index contributed by atoms with van der Waals surface area (Å²) in [6.07, 6.45) is 1.68. The molecule has 0 aliphatic rings. The highest BCUT2D eigenvalue weighted by molar-refractivity contribution is 5.85. The van der Waals surface area contributed by atoms with Gasteiger partial charge in [-0.2, -0.15) is 9.89 Å². The summed E-state index contributed by atoms with van der Waals surface area (Å²) in [5.74, 6) is 0.0894. The van der Waals surface area contributed by atoms with Crippen LogP contribution in [-0.2, 0) is 0 Å². The Bertz CT molecular complexity index is 489. The van der Waals surface area contributed by atoms with Crippen LogP contribution in [0, 0.1) is 0 Å². The summed E-state index contributed by atoms with van der Waals surface area (Å²) < 4.78 is 0. The molecule has 0 amide bonds. The highest BCUT2D eigenvalue weighted by atomic mass is 16.3. The second kappa shape index (κ2) is 3.34. The number of phenolic OH excluding ortho intramolecular Hbond substituents is 1. The molecular weight excluding hydrogens is 192 g/mol. The number of rotatable bonds is 2. The number of phenols is 1. The third-order valence-corrected chi connectivity index (χ3v) is 2.10. The summed E-state index contributed by atoms with van der Waals surface area (Å²) in [4.78, 5) is 1.66. The summed E-state index contributed by atoms with van der Waals surface area (Å²) in [6, 6.07) is 3.59. The fraction of sp³-hybridized carbons (Fsp3) is 0.300. The van der Waals surface area contributed by atoms with Gasteiger partial charge in [-0.25, -0.2) is 0 Å². The van der Waals surface area contributed by atoms with Crippen LogP contribution in [-0.4, -0.2) is 21.0 Å². The lowest BCUT2D eigenvalue weighted by Gasteiger charge is -2.10. The molecule has 1 aromatic heterocycles. The van der Waals surface area contributed by atoms with Crippen molar-refractivity contribution in [3.63, 3.8) is 0 Å². The zero-order chi connectivity index (χ0) is 11.0. The average molecular weight is 206 g/mol. The Labute approximate surface area is 87.5 Å². The van der Waals surface area contributed by atoms with Gasteiger partial charge in [0.1, 0.15) is 5.75 Å². The van der Waals surface area contributed by atoms with Crippen LogP contribution in [0.5, 0.6) is 5.75 Å². The molecule has 0 atom stereocenters. The molecule has 2 rings (SSSR count). The van der Waals surface area contributed by atoms with Crippen molar-refractivity contribution in [2.75, 3.05) is 11.2 Å².